The van der Waals surface area contributed by atoms with Crippen molar-refractivity contribution in [1.29, 1.82) is 0 Å². The second-order valence-corrected chi connectivity index (χ2v) is 8.43. The highest BCUT2D eigenvalue weighted by molar-refractivity contribution is 7.90. The van der Waals surface area contributed by atoms with Crippen molar-refractivity contribution in [2.75, 3.05) is 33.3 Å². The summed E-state index contributed by atoms with van der Waals surface area (Å²) >= 11 is 5.97. The molecule has 2 aliphatic rings. The molecule has 3 rings (SSSR count). The van der Waals surface area contributed by atoms with Gasteiger partial charge in [-0.3, -0.25) is 4.79 Å². The molecule has 0 N–H and O–H groups in total. The third-order valence-corrected chi connectivity index (χ3v) is 6.86. The van der Waals surface area contributed by atoms with Crippen molar-refractivity contribution >= 4 is 27.5 Å². The summed E-state index contributed by atoms with van der Waals surface area (Å²) in [5, 5.41) is 0.252. The lowest BCUT2D eigenvalue weighted by molar-refractivity contribution is 0.0694. The van der Waals surface area contributed by atoms with Crippen LogP contribution in [-0.4, -0.2) is 62.1 Å². The van der Waals surface area contributed by atoms with Gasteiger partial charge in [0.25, 0.3) is 5.91 Å². The van der Waals surface area contributed by atoms with Gasteiger partial charge in [0.2, 0.25) is 10.0 Å². The second-order valence-electron chi connectivity index (χ2n) is 5.78. The minimum absolute atomic E-state index is 0.187. The summed E-state index contributed by atoms with van der Waals surface area (Å²) < 4.78 is 31.2. The Morgan fingerprint density at radius 3 is 2.43 bits per heavy atom. The average Bonchev–Trinajstić information content (AvgIpc) is 3.39. The van der Waals surface area contributed by atoms with E-state index in [9.17, 15) is 13.2 Å². The van der Waals surface area contributed by atoms with Crippen molar-refractivity contribution in [3.8, 4) is 5.75 Å². The SMILES string of the molecule is COc1ccc(Cl)cc1C(=O)N1CCN(S(=O)(=O)C2CC2)CC1. The van der Waals surface area contributed by atoms with Crippen molar-refractivity contribution in [3.63, 3.8) is 0 Å². The van der Waals surface area contributed by atoms with E-state index in [0.717, 1.165) is 12.8 Å². The van der Waals surface area contributed by atoms with E-state index in [4.69, 9.17) is 16.3 Å². The molecule has 0 atom stereocenters. The Morgan fingerprint density at radius 2 is 1.87 bits per heavy atom. The molecule has 0 aromatic heterocycles. The Labute approximate surface area is 141 Å². The summed E-state index contributed by atoms with van der Waals surface area (Å²) in [4.78, 5) is 14.3. The maximum absolute atomic E-state index is 12.7. The van der Waals surface area contributed by atoms with E-state index in [1.165, 1.54) is 11.4 Å². The van der Waals surface area contributed by atoms with Crippen LogP contribution in [0.5, 0.6) is 5.75 Å². The molecule has 1 aromatic rings. The number of hydrogen-bond donors (Lipinski definition) is 0. The van der Waals surface area contributed by atoms with Gasteiger partial charge in [-0.2, -0.15) is 4.31 Å². The highest BCUT2D eigenvalue weighted by atomic mass is 35.5. The topological polar surface area (TPSA) is 66.9 Å². The summed E-state index contributed by atoms with van der Waals surface area (Å²) in [5.41, 5.74) is 0.401. The van der Waals surface area contributed by atoms with Crippen LogP contribution in [0.2, 0.25) is 5.02 Å². The van der Waals surface area contributed by atoms with Gasteiger partial charge >= 0.3 is 0 Å². The van der Waals surface area contributed by atoms with E-state index in [2.05, 4.69) is 0 Å². The van der Waals surface area contributed by atoms with Crippen LogP contribution in [0.1, 0.15) is 23.2 Å². The van der Waals surface area contributed by atoms with Crippen molar-refractivity contribution < 1.29 is 17.9 Å². The molecule has 6 nitrogen and oxygen atoms in total. The lowest BCUT2D eigenvalue weighted by atomic mass is 10.1. The monoisotopic (exact) mass is 358 g/mol. The molecule has 1 saturated heterocycles. The number of methoxy groups -OCH3 is 1. The van der Waals surface area contributed by atoms with Crippen molar-refractivity contribution in [2.24, 2.45) is 0 Å². The van der Waals surface area contributed by atoms with E-state index in [1.54, 1.807) is 23.1 Å². The Hall–Kier alpha value is -1.31. The zero-order valence-electron chi connectivity index (χ0n) is 12.9. The summed E-state index contributed by atoms with van der Waals surface area (Å²) in [6, 6.07) is 4.90. The van der Waals surface area contributed by atoms with Gasteiger partial charge in [-0.1, -0.05) is 11.6 Å². The van der Waals surface area contributed by atoms with Gasteiger partial charge < -0.3 is 9.64 Å². The van der Waals surface area contributed by atoms with E-state index in [-0.39, 0.29) is 11.2 Å². The predicted octanol–water partition coefficient (Wildman–Crippen LogP) is 1.60. The number of hydrogen-bond acceptors (Lipinski definition) is 4. The lowest BCUT2D eigenvalue weighted by Gasteiger charge is -2.34. The third kappa shape index (κ3) is 3.32. The molecule has 1 aromatic carbocycles. The van der Waals surface area contributed by atoms with Gasteiger partial charge in [-0.05, 0) is 31.0 Å². The van der Waals surface area contributed by atoms with Crippen LogP contribution in [0.3, 0.4) is 0 Å². The molecular formula is C15H19ClN2O4S. The number of sulfonamides is 1. The van der Waals surface area contributed by atoms with Crippen LogP contribution in [0.4, 0.5) is 0 Å². The fourth-order valence-corrected chi connectivity index (χ4v) is 4.74. The zero-order chi connectivity index (χ0) is 16.6. The number of nitrogens with zero attached hydrogens (tertiary/aromatic N) is 2. The number of benzene rings is 1. The van der Waals surface area contributed by atoms with Crippen molar-refractivity contribution in [2.45, 2.75) is 18.1 Å². The third-order valence-electron chi connectivity index (χ3n) is 4.22. The molecule has 126 valence electrons. The maximum Gasteiger partial charge on any atom is 0.257 e. The molecule has 2 fully saturated rings. The fraction of sp³-hybridized carbons (Fsp3) is 0.533. The number of carbonyl (C=O) groups is 1. The first-order chi connectivity index (χ1) is 10.9. The molecule has 8 heteroatoms. The first kappa shape index (κ1) is 16.5. The molecule has 0 radical (unpaired) electrons. The minimum atomic E-state index is -3.17. The van der Waals surface area contributed by atoms with Crippen LogP contribution >= 0.6 is 11.6 Å². The summed E-state index contributed by atoms with van der Waals surface area (Å²) in [6.45, 7) is 1.43. The molecule has 1 aliphatic heterocycles. The van der Waals surface area contributed by atoms with E-state index < -0.39 is 10.0 Å². The second kappa shape index (κ2) is 6.30. The van der Waals surface area contributed by atoms with E-state index in [0.29, 0.717) is 42.5 Å². The minimum Gasteiger partial charge on any atom is -0.496 e. The summed E-state index contributed by atoms with van der Waals surface area (Å²) in [5.74, 6) is 0.278. The van der Waals surface area contributed by atoms with Gasteiger partial charge in [0.05, 0.1) is 17.9 Å². The quantitative estimate of drug-likeness (QED) is 0.820. The predicted molar refractivity (Wildman–Crippen MR) is 87.4 cm³/mol. The molecule has 0 unspecified atom stereocenters. The number of carbonyl (C=O) groups excluding carboxylic acids is 1. The number of ether oxygens (including phenoxy) is 1. The average molecular weight is 359 g/mol. The smallest absolute Gasteiger partial charge is 0.257 e. The van der Waals surface area contributed by atoms with Crippen molar-refractivity contribution in [3.05, 3.63) is 28.8 Å². The van der Waals surface area contributed by atoms with Gasteiger partial charge in [0.15, 0.2) is 0 Å². The molecule has 1 aliphatic carbocycles. The Morgan fingerprint density at radius 1 is 1.22 bits per heavy atom. The largest absolute Gasteiger partial charge is 0.496 e. The highest BCUT2D eigenvalue weighted by Crippen LogP contribution is 2.31. The lowest BCUT2D eigenvalue weighted by Crippen LogP contribution is -2.51. The molecular weight excluding hydrogens is 340 g/mol. The standard InChI is InChI=1S/C15H19ClN2O4S/c1-22-14-5-2-11(16)10-13(14)15(19)17-6-8-18(9-7-17)23(20,21)12-3-4-12/h2,5,10,12H,3-4,6-9H2,1H3. The van der Waals surface area contributed by atoms with E-state index in [1.807, 2.05) is 0 Å². The summed E-state index contributed by atoms with van der Waals surface area (Å²) in [7, 11) is -1.67. The number of amides is 1. The normalized spacial score (nSPS) is 19.7. The molecule has 0 bridgehead atoms. The van der Waals surface area contributed by atoms with Crippen LogP contribution in [-0.2, 0) is 10.0 Å². The molecule has 23 heavy (non-hydrogen) atoms. The van der Waals surface area contributed by atoms with Crippen LogP contribution in [0.25, 0.3) is 0 Å². The first-order valence-electron chi connectivity index (χ1n) is 7.55. The molecule has 1 heterocycles. The first-order valence-corrected chi connectivity index (χ1v) is 9.43. The number of rotatable bonds is 4. The molecule has 1 saturated carbocycles. The van der Waals surface area contributed by atoms with Crippen molar-refractivity contribution in [1.82, 2.24) is 9.21 Å². The Kier molecular flexibility index (Phi) is 4.53. The highest BCUT2D eigenvalue weighted by Gasteiger charge is 2.41. The Balaban J connectivity index is 1.70. The van der Waals surface area contributed by atoms with Gasteiger partial charge in [0, 0.05) is 31.2 Å². The van der Waals surface area contributed by atoms with Crippen LogP contribution in [0, 0.1) is 0 Å². The molecule has 1 amide bonds. The van der Waals surface area contributed by atoms with Gasteiger partial charge in [0.1, 0.15) is 5.75 Å². The Bertz CT molecular complexity index is 710. The maximum atomic E-state index is 12.7. The van der Waals surface area contributed by atoms with Gasteiger partial charge in [-0.15, -0.1) is 0 Å². The van der Waals surface area contributed by atoms with Crippen LogP contribution < -0.4 is 4.74 Å². The zero-order valence-corrected chi connectivity index (χ0v) is 14.4. The van der Waals surface area contributed by atoms with Crippen LogP contribution in [0.15, 0.2) is 18.2 Å². The summed E-state index contributed by atoms with van der Waals surface area (Å²) in [6.07, 6.45) is 1.50. The van der Waals surface area contributed by atoms with Gasteiger partial charge in [-0.25, -0.2) is 8.42 Å². The number of halogens is 1. The molecule has 0 spiro atoms. The van der Waals surface area contributed by atoms with E-state index >= 15 is 0 Å². The fourth-order valence-electron chi connectivity index (χ4n) is 2.74. The number of piperazine rings is 1.